The van der Waals surface area contributed by atoms with Crippen LogP contribution in [0.25, 0.3) is 0 Å². The lowest BCUT2D eigenvalue weighted by atomic mass is 10.4. The molecule has 1 heterocycles. The second kappa shape index (κ2) is 4.93. The van der Waals surface area contributed by atoms with Crippen LogP contribution in [0.15, 0.2) is 29.4 Å². The molecular formula is C9H12N2S. The Morgan fingerprint density at radius 1 is 1.58 bits per heavy atom. The second-order valence-electron chi connectivity index (χ2n) is 2.18. The first kappa shape index (κ1) is 9.26. The highest BCUT2D eigenvalue weighted by Gasteiger charge is 2.01. The van der Waals surface area contributed by atoms with Gasteiger partial charge in [-0.05, 0) is 17.9 Å². The molecule has 1 aromatic heterocycles. The zero-order valence-corrected chi connectivity index (χ0v) is 8.14. The molecule has 0 atom stereocenters. The minimum absolute atomic E-state index is 0.965. The van der Waals surface area contributed by atoms with Crippen molar-refractivity contribution in [1.82, 2.24) is 4.98 Å². The number of nitrogens with zero attached hydrogens (tertiary/aromatic N) is 2. The van der Waals surface area contributed by atoms with Gasteiger partial charge in [0.15, 0.2) is 0 Å². The van der Waals surface area contributed by atoms with Gasteiger partial charge in [-0.3, -0.25) is 9.98 Å². The Balaban J connectivity index is 2.82. The Bertz CT molecular complexity index is 256. The lowest BCUT2D eigenvalue weighted by molar-refractivity contribution is 1.29. The fourth-order valence-corrected chi connectivity index (χ4v) is 1.55. The van der Waals surface area contributed by atoms with Gasteiger partial charge in [-0.15, -0.1) is 11.8 Å². The molecule has 0 unspecified atom stereocenters. The van der Waals surface area contributed by atoms with Gasteiger partial charge in [0, 0.05) is 13.2 Å². The van der Waals surface area contributed by atoms with Gasteiger partial charge in [0.2, 0.25) is 0 Å². The van der Waals surface area contributed by atoms with E-state index in [0.29, 0.717) is 0 Å². The first-order chi connectivity index (χ1) is 5.88. The molecule has 12 heavy (non-hydrogen) atoms. The Morgan fingerprint density at radius 2 is 2.42 bits per heavy atom. The van der Waals surface area contributed by atoms with Crippen molar-refractivity contribution in [3.8, 4) is 0 Å². The summed E-state index contributed by atoms with van der Waals surface area (Å²) in [7, 11) is 1.80. The topological polar surface area (TPSA) is 25.2 Å². The maximum absolute atomic E-state index is 4.22. The van der Waals surface area contributed by atoms with Crippen molar-refractivity contribution in [2.24, 2.45) is 4.99 Å². The van der Waals surface area contributed by atoms with E-state index in [2.05, 4.69) is 16.9 Å². The number of aromatic nitrogens is 1. The van der Waals surface area contributed by atoms with Gasteiger partial charge in [0.1, 0.15) is 5.04 Å². The van der Waals surface area contributed by atoms with Gasteiger partial charge in [0.05, 0.1) is 5.69 Å². The third kappa shape index (κ3) is 2.34. The van der Waals surface area contributed by atoms with Gasteiger partial charge >= 0.3 is 0 Å². The fourth-order valence-electron chi connectivity index (χ4n) is 0.879. The Hall–Kier alpha value is -0.830. The minimum Gasteiger partial charge on any atom is -0.280 e. The highest BCUT2D eigenvalue weighted by Crippen LogP contribution is 2.10. The van der Waals surface area contributed by atoms with Gasteiger partial charge < -0.3 is 0 Å². The van der Waals surface area contributed by atoms with Crippen molar-refractivity contribution in [2.75, 3.05) is 12.8 Å². The zero-order valence-electron chi connectivity index (χ0n) is 7.32. The van der Waals surface area contributed by atoms with Crippen LogP contribution < -0.4 is 0 Å². The van der Waals surface area contributed by atoms with Gasteiger partial charge in [-0.2, -0.15) is 0 Å². The van der Waals surface area contributed by atoms with Crippen molar-refractivity contribution >= 4 is 16.8 Å². The van der Waals surface area contributed by atoms with E-state index in [1.54, 1.807) is 25.0 Å². The second-order valence-corrected chi connectivity index (χ2v) is 3.43. The molecule has 0 saturated heterocycles. The molecule has 0 aliphatic rings. The molecule has 1 rings (SSSR count). The highest BCUT2D eigenvalue weighted by atomic mass is 32.2. The van der Waals surface area contributed by atoms with Crippen LogP contribution in [0.3, 0.4) is 0 Å². The largest absolute Gasteiger partial charge is 0.280 e. The third-order valence-electron chi connectivity index (χ3n) is 1.37. The van der Waals surface area contributed by atoms with Crippen LogP contribution in [-0.2, 0) is 0 Å². The van der Waals surface area contributed by atoms with E-state index in [-0.39, 0.29) is 0 Å². The molecule has 0 spiro atoms. The molecule has 64 valence electrons. The van der Waals surface area contributed by atoms with Gasteiger partial charge in [-0.25, -0.2) is 0 Å². The molecule has 0 bridgehead atoms. The monoisotopic (exact) mass is 180 g/mol. The number of aliphatic imine (C=N–C) groups is 1. The summed E-state index contributed by atoms with van der Waals surface area (Å²) in [6.45, 7) is 2.11. The standard InChI is InChI=1S/C9H12N2S/c1-3-12-9(10-2)8-6-4-5-7-11-8/h4-7H,3H2,1-2H3. The predicted octanol–water partition coefficient (Wildman–Crippen LogP) is 2.21. The SMILES string of the molecule is CCSC(=NC)c1ccccn1. The maximum atomic E-state index is 4.22. The van der Waals surface area contributed by atoms with E-state index in [4.69, 9.17) is 0 Å². The zero-order chi connectivity index (χ0) is 8.81. The molecule has 0 radical (unpaired) electrons. The molecule has 0 saturated carbocycles. The molecule has 0 aliphatic carbocycles. The lowest BCUT2D eigenvalue weighted by Gasteiger charge is -2.00. The summed E-state index contributed by atoms with van der Waals surface area (Å²) in [6, 6.07) is 5.86. The van der Waals surface area contributed by atoms with Crippen LogP contribution in [0.5, 0.6) is 0 Å². The van der Waals surface area contributed by atoms with Crippen LogP contribution in [0, 0.1) is 0 Å². The average Bonchev–Trinajstić information content (AvgIpc) is 2.15. The number of pyridine rings is 1. The Kier molecular flexibility index (Phi) is 3.80. The van der Waals surface area contributed by atoms with Crippen LogP contribution in [0.2, 0.25) is 0 Å². The van der Waals surface area contributed by atoms with Crippen molar-refractivity contribution in [1.29, 1.82) is 0 Å². The van der Waals surface area contributed by atoms with Gasteiger partial charge in [0.25, 0.3) is 0 Å². The number of hydrogen-bond acceptors (Lipinski definition) is 3. The fraction of sp³-hybridized carbons (Fsp3) is 0.333. The Labute approximate surface area is 77.1 Å². The summed E-state index contributed by atoms with van der Waals surface area (Å²) >= 11 is 1.72. The number of thioether (sulfide) groups is 1. The number of rotatable bonds is 2. The molecule has 0 aromatic carbocycles. The Morgan fingerprint density at radius 3 is 2.92 bits per heavy atom. The molecule has 2 nitrogen and oxygen atoms in total. The van der Waals surface area contributed by atoms with E-state index in [9.17, 15) is 0 Å². The quantitative estimate of drug-likeness (QED) is 0.515. The summed E-state index contributed by atoms with van der Waals surface area (Å²) in [4.78, 5) is 8.38. The average molecular weight is 180 g/mol. The molecule has 0 N–H and O–H groups in total. The van der Waals surface area contributed by atoms with Crippen LogP contribution in [0.1, 0.15) is 12.6 Å². The minimum atomic E-state index is 0.965. The molecule has 0 amide bonds. The molecule has 0 fully saturated rings. The molecule has 0 aliphatic heterocycles. The first-order valence-electron chi connectivity index (χ1n) is 3.89. The summed E-state index contributed by atoms with van der Waals surface area (Å²) in [6.07, 6.45) is 1.79. The van der Waals surface area contributed by atoms with E-state index in [1.807, 2.05) is 18.2 Å². The van der Waals surface area contributed by atoms with Crippen LogP contribution in [-0.4, -0.2) is 22.8 Å². The predicted molar refractivity (Wildman–Crippen MR) is 54.8 cm³/mol. The number of hydrogen-bond donors (Lipinski definition) is 0. The van der Waals surface area contributed by atoms with Gasteiger partial charge in [-0.1, -0.05) is 13.0 Å². The molecule has 1 aromatic rings. The summed E-state index contributed by atoms with van der Waals surface area (Å²) in [5.41, 5.74) is 0.965. The summed E-state index contributed by atoms with van der Waals surface area (Å²) in [5, 5.41) is 1.01. The smallest absolute Gasteiger partial charge is 0.116 e. The molecular weight excluding hydrogens is 168 g/mol. The van der Waals surface area contributed by atoms with Crippen molar-refractivity contribution in [3.63, 3.8) is 0 Å². The van der Waals surface area contributed by atoms with E-state index >= 15 is 0 Å². The maximum Gasteiger partial charge on any atom is 0.116 e. The normalized spacial score (nSPS) is 11.7. The van der Waals surface area contributed by atoms with Crippen LogP contribution >= 0.6 is 11.8 Å². The van der Waals surface area contributed by atoms with Crippen LogP contribution in [0.4, 0.5) is 0 Å². The highest BCUT2D eigenvalue weighted by molar-refractivity contribution is 8.14. The first-order valence-corrected chi connectivity index (χ1v) is 4.88. The van der Waals surface area contributed by atoms with E-state index in [1.165, 1.54) is 0 Å². The van der Waals surface area contributed by atoms with Crippen molar-refractivity contribution < 1.29 is 0 Å². The summed E-state index contributed by atoms with van der Waals surface area (Å²) in [5.74, 6) is 1.03. The lowest BCUT2D eigenvalue weighted by Crippen LogP contribution is -1.98. The van der Waals surface area contributed by atoms with Crippen molar-refractivity contribution in [3.05, 3.63) is 30.1 Å². The summed E-state index contributed by atoms with van der Waals surface area (Å²) < 4.78 is 0. The molecule has 3 heteroatoms. The third-order valence-corrected chi connectivity index (χ3v) is 2.32. The van der Waals surface area contributed by atoms with Crippen molar-refractivity contribution in [2.45, 2.75) is 6.92 Å². The van der Waals surface area contributed by atoms with E-state index < -0.39 is 0 Å². The van der Waals surface area contributed by atoms with E-state index in [0.717, 1.165) is 16.5 Å².